The van der Waals surface area contributed by atoms with Crippen LogP contribution < -0.4 is 56.2 Å². The monoisotopic (exact) mass is 1760 g/mol. The molecule has 0 saturated carbocycles. The number of nitrogens with one attached hydrogen (secondary N) is 7. The van der Waals surface area contributed by atoms with E-state index in [9.17, 15) is 46.6 Å². The highest BCUT2D eigenvalue weighted by atomic mass is 32.1. The van der Waals surface area contributed by atoms with Gasteiger partial charge >= 0.3 is 5.97 Å². The SMILES string of the molecule is CC(C)Oc1cc(F)ccc1Nc1ncnc2sc(C(=O)N3CCC(CCO)CC3)nc12.CC(C)Oc1cc(F)ccc1Nc1ncnc2sc(C(=O)NCC(O)CO)nc12.CC(C)Oc1cc(F)ccc1Nc1ncnc2sc(C(=O)NCCC(=O)O)nc12.CC(C)Oc1cc(F)ccc1Nc1ncnc2sc(C(=O)NCCCN3CCCC3)nc12. The van der Waals surface area contributed by atoms with Gasteiger partial charge in [-0.1, -0.05) is 45.3 Å². The lowest BCUT2D eigenvalue weighted by Gasteiger charge is -2.31. The number of rotatable bonds is 32. The molecule has 14 rings (SSSR count). The smallest absolute Gasteiger partial charge is 0.305 e. The van der Waals surface area contributed by atoms with Crippen molar-refractivity contribution in [3.63, 3.8) is 0 Å². The van der Waals surface area contributed by atoms with E-state index in [-0.39, 0.29) is 72.4 Å². The predicted molar refractivity (Wildman–Crippen MR) is 456 cm³/mol. The number of aliphatic carboxylic acids is 1. The summed E-state index contributed by atoms with van der Waals surface area (Å²) in [6.07, 6.45) is 9.62. The van der Waals surface area contributed by atoms with Gasteiger partial charge in [0, 0.05) is 63.6 Å². The summed E-state index contributed by atoms with van der Waals surface area (Å²) in [5.74, 6) is -0.660. The van der Waals surface area contributed by atoms with Gasteiger partial charge in [0.25, 0.3) is 23.6 Å². The zero-order valence-electron chi connectivity index (χ0n) is 67.6. The highest BCUT2D eigenvalue weighted by molar-refractivity contribution is 7.21. The number of benzene rings is 4. The fourth-order valence-electron chi connectivity index (χ4n) is 12.1. The van der Waals surface area contributed by atoms with E-state index >= 15 is 0 Å². The number of aliphatic hydroxyl groups excluding tert-OH is 3. The number of aromatic nitrogens is 12. The molecule has 2 aliphatic rings. The maximum absolute atomic E-state index is 13.7. The van der Waals surface area contributed by atoms with Crippen molar-refractivity contribution in [3.05, 3.63) is 141 Å². The molecule has 4 amide bonds. The van der Waals surface area contributed by atoms with Crippen molar-refractivity contribution in [1.82, 2.24) is 85.6 Å². The second-order valence-corrected chi connectivity index (χ2v) is 32.6. The average molecular weight is 1760 g/mol. The molecule has 0 radical (unpaired) electrons. The van der Waals surface area contributed by atoms with E-state index in [0.717, 1.165) is 68.0 Å². The van der Waals surface area contributed by atoms with Gasteiger partial charge in [-0.3, -0.25) is 24.0 Å². The Morgan fingerprint density at radius 1 is 0.467 bits per heavy atom. The minimum atomic E-state index is -1.05. The predicted octanol–water partition coefficient (Wildman–Crippen LogP) is 12.8. The molecule has 42 heteroatoms. The number of likely N-dealkylation sites (tertiary alicyclic amines) is 2. The van der Waals surface area contributed by atoms with Crippen molar-refractivity contribution in [2.24, 2.45) is 5.92 Å². The van der Waals surface area contributed by atoms with Crippen LogP contribution >= 0.6 is 45.3 Å². The van der Waals surface area contributed by atoms with Crippen LogP contribution in [0.25, 0.3) is 41.4 Å². The van der Waals surface area contributed by atoms with E-state index in [0.29, 0.717) is 146 Å². The van der Waals surface area contributed by atoms with Crippen LogP contribution in [-0.4, -0.2) is 216 Å². The first kappa shape index (κ1) is 90.8. The third kappa shape index (κ3) is 25.6. The second-order valence-electron chi connectivity index (χ2n) is 28.7. The summed E-state index contributed by atoms with van der Waals surface area (Å²) in [7, 11) is 0. The van der Waals surface area contributed by atoms with Crippen LogP contribution in [0.5, 0.6) is 23.0 Å². The number of carboxylic acids is 1. The standard InChI is InChI=1S/C22H27FN6O2S.C22H26FN5O3S.C18H20FN5O4S.C18H18FN5O4S/c1-14(2)31-17-12-15(23)6-7-16(17)27-19-18-21(26-13-25-19)32-22(28-18)20(30)24-8-5-11-29-9-3-4-10-29;1-13(2)31-17-11-15(23)3-4-16(17)26-19-18-20(25-12-24-19)32-21(27-18)22(30)28-8-5-14(6-9-28)7-10-29;1-9(2)28-13-5-10(19)3-4-12(13)23-15-14-17(22-8-21-15)29-18(24-14)16(27)20-6-11(26)7-25;1-9(2)28-12-7-10(19)3-4-11(12)23-15-14-17(22-8-21-15)29-18(24-14)16(27)20-6-5-13(25)26/h6-7,12-14H,3-5,8-11H2,1-2H3,(H,24,30)(H,25,26,27);3-4,11-14,29H,5-10H2,1-2H3,(H,24,25,26);3-5,8-9,11,25-26H,6-7H2,1-2H3,(H,20,27)(H,21,22,23);3-4,7-9H,5-6H2,1-2H3,(H,20,27)(H,25,26)(H,21,22,23). The summed E-state index contributed by atoms with van der Waals surface area (Å²) in [5, 5.41) is 57.3. The molecule has 11 N–H and O–H groups in total. The number of hydrogen-bond donors (Lipinski definition) is 11. The number of nitrogens with zero attached hydrogens (tertiary/aromatic N) is 14. The Hall–Kier alpha value is -11.9. The number of piperidine rings is 1. The van der Waals surface area contributed by atoms with Gasteiger partial charge in [0.2, 0.25) is 0 Å². The number of fused-ring (bicyclic) bond motifs is 4. The van der Waals surface area contributed by atoms with Crippen molar-refractivity contribution in [2.75, 3.05) is 86.8 Å². The lowest BCUT2D eigenvalue weighted by atomic mass is 9.94. The van der Waals surface area contributed by atoms with Gasteiger partial charge in [-0.05, 0) is 168 Å². The second kappa shape index (κ2) is 43.5. The molecule has 12 aromatic rings. The number of amides is 4. The van der Waals surface area contributed by atoms with Crippen LogP contribution in [0.1, 0.15) is 140 Å². The van der Waals surface area contributed by atoms with Crippen LogP contribution in [-0.2, 0) is 4.79 Å². The van der Waals surface area contributed by atoms with Crippen molar-refractivity contribution in [3.8, 4) is 23.0 Å². The van der Waals surface area contributed by atoms with Gasteiger partial charge < -0.3 is 86.4 Å². The van der Waals surface area contributed by atoms with E-state index in [1.807, 2.05) is 55.4 Å². The van der Waals surface area contributed by atoms with Gasteiger partial charge in [0.1, 0.15) is 113 Å². The zero-order chi connectivity index (χ0) is 87.1. The van der Waals surface area contributed by atoms with Crippen LogP contribution in [0.2, 0.25) is 0 Å². The molecule has 0 spiro atoms. The summed E-state index contributed by atoms with van der Waals surface area (Å²) >= 11 is 4.55. The Morgan fingerprint density at radius 2 is 0.803 bits per heavy atom. The molecule has 2 fully saturated rings. The minimum absolute atomic E-state index is 0.00758. The lowest BCUT2D eigenvalue weighted by molar-refractivity contribution is -0.136. The molecule has 1 unspecified atom stereocenters. The van der Waals surface area contributed by atoms with Crippen molar-refractivity contribution in [1.29, 1.82) is 0 Å². The van der Waals surface area contributed by atoms with Crippen molar-refractivity contribution >= 4 is 162 Å². The minimum Gasteiger partial charge on any atom is -0.489 e. The zero-order valence-corrected chi connectivity index (χ0v) is 70.9. The molecular formula is C80H91F4N21O13S4. The van der Waals surface area contributed by atoms with Gasteiger partial charge in [0.15, 0.2) is 43.3 Å². The van der Waals surface area contributed by atoms with Crippen LogP contribution in [0, 0.1) is 29.2 Å². The van der Waals surface area contributed by atoms with Crippen LogP contribution in [0.3, 0.4) is 0 Å². The first-order chi connectivity index (χ1) is 58.6. The number of ether oxygens (including phenoxy) is 4. The summed E-state index contributed by atoms with van der Waals surface area (Å²) in [6.45, 7) is 19.6. The number of thiazole rings is 4. The molecule has 4 aromatic carbocycles. The van der Waals surface area contributed by atoms with Gasteiger partial charge in [0.05, 0.1) is 66.3 Å². The van der Waals surface area contributed by atoms with Gasteiger partial charge in [-0.15, -0.1) is 0 Å². The van der Waals surface area contributed by atoms with Crippen molar-refractivity contribution < 1.29 is 80.9 Å². The number of carboxylic acid groups (broad SMARTS) is 1. The molecule has 34 nitrogen and oxygen atoms in total. The molecule has 2 saturated heterocycles. The Bertz CT molecular complexity index is 5600. The Kier molecular flexibility index (Phi) is 32.4. The largest absolute Gasteiger partial charge is 0.489 e. The average Bonchev–Trinajstić information content (AvgIpc) is 1.63. The number of halogens is 4. The molecular weight excluding hydrogens is 1670 g/mol. The van der Waals surface area contributed by atoms with E-state index < -0.39 is 53.8 Å². The Balaban J connectivity index is 0.000000159. The number of carbonyl (C=O) groups is 5. The fraction of sp³-hybridized carbons (Fsp3) is 0.388. The number of aliphatic hydroxyl groups is 3. The summed E-state index contributed by atoms with van der Waals surface area (Å²) in [5.41, 5.74) is 3.78. The first-order valence-corrected chi connectivity index (χ1v) is 42.3. The van der Waals surface area contributed by atoms with E-state index in [1.54, 1.807) is 17.0 Å². The van der Waals surface area contributed by atoms with E-state index in [4.69, 9.17) is 34.3 Å². The highest BCUT2D eigenvalue weighted by Crippen LogP contribution is 2.38. The molecule has 2 aliphatic heterocycles. The molecule has 122 heavy (non-hydrogen) atoms. The maximum Gasteiger partial charge on any atom is 0.305 e. The number of anilines is 8. The summed E-state index contributed by atoms with van der Waals surface area (Å²) in [4.78, 5) is 118. The maximum atomic E-state index is 13.7. The number of hydrogen-bond acceptors (Lipinski definition) is 33. The summed E-state index contributed by atoms with van der Waals surface area (Å²) in [6, 6.07) is 16.6. The van der Waals surface area contributed by atoms with E-state index in [1.165, 1.54) is 121 Å². The van der Waals surface area contributed by atoms with Crippen molar-refractivity contribution in [2.45, 2.75) is 131 Å². The Morgan fingerprint density at radius 3 is 1.14 bits per heavy atom. The van der Waals surface area contributed by atoms with Gasteiger partial charge in [-0.2, -0.15) is 0 Å². The molecule has 10 heterocycles. The molecule has 0 bridgehead atoms. The third-order valence-electron chi connectivity index (χ3n) is 17.7. The fourth-order valence-corrected chi connectivity index (χ4v) is 15.5. The molecule has 8 aromatic heterocycles. The highest BCUT2D eigenvalue weighted by Gasteiger charge is 2.29. The molecule has 1 atom stereocenters. The Labute approximate surface area is 712 Å². The normalized spacial score (nSPS) is 13.1. The molecule has 0 aliphatic carbocycles. The topological polar surface area (TPSA) is 449 Å². The summed E-state index contributed by atoms with van der Waals surface area (Å²) < 4.78 is 77.4. The van der Waals surface area contributed by atoms with E-state index in [2.05, 4.69) is 102 Å². The quantitative estimate of drug-likeness (QED) is 0.0138. The van der Waals surface area contributed by atoms with Crippen LogP contribution in [0.15, 0.2) is 98.1 Å². The first-order valence-electron chi connectivity index (χ1n) is 39.0. The number of carbonyl (C=O) groups excluding carboxylic acids is 4. The van der Waals surface area contributed by atoms with Gasteiger partial charge in [-0.25, -0.2) is 77.4 Å². The third-order valence-corrected chi connectivity index (χ3v) is 21.5. The molecule has 646 valence electrons. The van der Waals surface area contributed by atoms with Crippen LogP contribution in [0.4, 0.5) is 63.6 Å². The lowest BCUT2D eigenvalue weighted by Crippen LogP contribution is -2.38.